The number of carbonyl (C=O) groups excluding carboxylic acids is 1. The quantitative estimate of drug-likeness (QED) is 0.236. The van der Waals surface area contributed by atoms with Gasteiger partial charge in [0.1, 0.15) is 0 Å². The molecule has 3 N–H and O–H groups in total. The number of hydrogen-bond acceptors (Lipinski definition) is 5. The Hall–Kier alpha value is -2.06. The van der Waals surface area contributed by atoms with Crippen molar-refractivity contribution in [2.45, 2.75) is 75.2 Å². The summed E-state index contributed by atoms with van der Waals surface area (Å²) in [6.07, 6.45) is 6.88. The zero-order chi connectivity index (χ0) is 22.2. The Morgan fingerprint density at radius 2 is 1.53 bits per heavy atom. The number of amides is 1. The summed E-state index contributed by atoms with van der Waals surface area (Å²) in [5, 5.41) is 20.5. The average Bonchev–Trinajstić information content (AvgIpc) is 2.70. The zero-order valence-electron chi connectivity index (χ0n) is 17.6. The molecule has 7 nitrogen and oxygen atoms in total. The van der Waals surface area contributed by atoms with E-state index < -0.39 is 11.9 Å². The molecule has 0 aromatic heterocycles. The predicted octanol–water partition coefficient (Wildman–Crippen LogP) is 4.80. The Bertz CT molecular complexity index is 667. The third kappa shape index (κ3) is 12.5. The number of hydrogen-bond donors (Lipinski definition) is 3. The van der Waals surface area contributed by atoms with E-state index in [9.17, 15) is 14.4 Å². The highest BCUT2D eigenvalue weighted by molar-refractivity contribution is 7.99. The summed E-state index contributed by atoms with van der Waals surface area (Å²) in [5.41, 5.74) is 0.733. The van der Waals surface area contributed by atoms with Crippen molar-refractivity contribution < 1.29 is 29.3 Å². The van der Waals surface area contributed by atoms with Crippen LogP contribution in [0.25, 0.3) is 0 Å². The van der Waals surface area contributed by atoms with E-state index in [1.165, 1.54) is 18.9 Å². The number of nitrogens with one attached hydrogen (secondary N) is 1. The molecule has 0 saturated heterocycles. The Balaban J connectivity index is 2.28. The van der Waals surface area contributed by atoms with Crippen LogP contribution in [0.1, 0.15) is 64.2 Å². The lowest BCUT2D eigenvalue weighted by atomic mass is 10.1. The molecule has 0 aliphatic heterocycles. The normalized spacial score (nSPS) is 11.8. The number of rotatable bonds is 17. The van der Waals surface area contributed by atoms with E-state index >= 15 is 0 Å². The first kappa shape index (κ1) is 26.0. The summed E-state index contributed by atoms with van der Waals surface area (Å²) in [5.74, 6) is -1.18. The van der Waals surface area contributed by atoms with Crippen LogP contribution in [0, 0.1) is 0 Å². The fraction of sp³-hybridized carbons (Fsp3) is 0.591. The minimum absolute atomic E-state index is 0.0293. The standard InChI is InChI=1S/C22H33NO6S/c1-29-17(15-22(27)28)16-30-19-12-10-9-11-18(19)23-20(24)13-7-5-3-2-4-6-8-14-21(25)26/h9-12,17H,2-8,13-16H2,1H3,(H,23,24)(H,25,26)(H,27,28). The fourth-order valence-corrected chi connectivity index (χ4v) is 4.01. The van der Waals surface area contributed by atoms with Gasteiger partial charge in [-0.05, 0) is 25.0 Å². The maximum Gasteiger partial charge on any atom is 0.306 e. The second kappa shape index (κ2) is 15.7. The molecule has 0 bridgehead atoms. The van der Waals surface area contributed by atoms with Crippen molar-refractivity contribution in [2.75, 3.05) is 18.2 Å². The van der Waals surface area contributed by atoms with Crippen LogP contribution in [0.15, 0.2) is 29.2 Å². The third-order valence-corrected chi connectivity index (χ3v) is 5.82. The summed E-state index contributed by atoms with van der Waals surface area (Å²) in [4.78, 5) is 34.5. The number of unbranched alkanes of at least 4 members (excludes halogenated alkanes) is 6. The third-order valence-electron chi connectivity index (χ3n) is 4.62. The molecule has 1 amide bonds. The van der Waals surface area contributed by atoms with Crippen LogP contribution in [0.5, 0.6) is 0 Å². The van der Waals surface area contributed by atoms with Gasteiger partial charge in [-0.25, -0.2) is 0 Å². The first-order valence-corrected chi connectivity index (χ1v) is 11.4. The molecule has 1 unspecified atom stereocenters. The molecular weight excluding hydrogens is 406 g/mol. The highest BCUT2D eigenvalue weighted by Crippen LogP contribution is 2.28. The lowest BCUT2D eigenvalue weighted by Crippen LogP contribution is -2.18. The molecule has 0 saturated carbocycles. The molecule has 8 heteroatoms. The summed E-state index contributed by atoms with van der Waals surface area (Å²) in [6.45, 7) is 0. The minimum atomic E-state index is -0.899. The van der Waals surface area contributed by atoms with E-state index in [2.05, 4.69) is 5.32 Å². The van der Waals surface area contributed by atoms with Gasteiger partial charge in [-0.15, -0.1) is 11.8 Å². The van der Waals surface area contributed by atoms with E-state index in [4.69, 9.17) is 14.9 Å². The summed E-state index contributed by atoms with van der Waals surface area (Å²) in [6, 6.07) is 7.48. The first-order chi connectivity index (χ1) is 14.4. The van der Waals surface area contributed by atoms with Crippen LogP contribution in [0.2, 0.25) is 0 Å². The second-order valence-corrected chi connectivity index (χ2v) is 8.24. The lowest BCUT2D eigenvalue weighted by molar-refractivity contribution is -0.139. The topological polar surface area (TPSA) is 113 Å². The summed E-state index contributed by atoms with van der Waals surface area (Å²) >= 11 is 1.47. The second-order valence-electron chi connectivity index (χ2n) is 7.18. The van der Waals surface area contributed by atoms with Gasteiger partial charge < -0.3 is 20.3 Å². The van der Waals surface area contributed by atoms with Gasteiger partial charge in [-0.3, -0.25) is 14.4 Å². The van der Waals surface area contributed by atoms with Crippen LogP contribution in [-0.2, 0) is 19.1 Å². The monoisotopic (exact) mass is 439 g/mol. The van der Waals surface area contributed by atoms with Crippen LogP contribution < -0.4 is 5.32 Å². The van der Waals surface area contributed by atoms with Crippen LogP contribution in [-0.4, -0.2) is 47.0 Å². The van der Waals surface area contributed by atoms with Gasteiger partial charge in [0, 0.05) is 30.6 Å². The van der Waals surface area contributed by atoms with Crippen molar-refractivity contribution >= 4 is 35.3 Å². The Labute approximate surface area is 182 Å². The van der Waals surface area contributed by atoms with E-state index in [0.29, 0.717) is 12.2 Å². The minimum Gasteiger partial charge on any atom is -0.481 e. The number of para-hydroxylation sites is 1. The van der Waals surface area contributed by atoms with Gasteiger partial charge in [-0.1, -0.05) is 44.2 Å². The Kier molecular flexibility index (Phi) is 13.6. The predicted molar refractivity (Wildman–Crippen MR) is 118 cm³/mol. The van der Waals surface area contributed by atoms with Crippen molar-refractivity contribution in [3.8, 4) is 0 Å². The maximum atomic E-state index is 12.3. The van der Waals surface area contributed by atoms with Crippen LogP contribution >= 0.6 is 11.8 Å². The first-order valence-electron chi connectivity index (χ1n) is 10.4. The van der Waals surface area contributed by atoms with Crippen molar-refractivity contribution in [1.29, 1.82) is 0 Å². The lowest BCUT2D eigenvalue weighted by Gasteiger charge is -2.15. The molecule has 0 heterocycles. The number of aliphatic carboxylic acids is 2. The van der Waals surface area contributed by atoms with Gasteiger partial charge >= 0.3 is 11.9 Å². The number of anilines is 1. The van der Waals surface area contributed by atoms with Gasteiger partial charge in [0.15, 0.2) is 0 Å². The molecule has 1 rings (SSSR count). The summed E-state index contributed by atoms with van der Waals surface area (Å²) in [7, 11) is 1.50. The number of thioether (sulfide) groups is 1. The Morgan fingerprint density at radius 3 is 2.13 bits per heavy atom. The molecule has 30 heavy (non-hydrogen) atoms. The SMILES string of the molecule is COC(CSc1ccccc1NC(=O)CCCCCCCCCC(=O)O)CC(=O)O. The van der Waals surface area contributed by atoms with Gasteiger partial charge in [0.2, 0.25) is 5.91 Å². The van der Waals surface area contributed by atoms with E-state index in [1.807, 2.05) is 24.3 Å². The number of benzene rings is 1. The highest BCUT2D eigenvalue weighted by atomic mass is 32.2. The van der Waals surface area contributed by atoms with E-state index in [0.717, 1.165) is 55.5 Å². The van der Waals surface area contributed by atoms with Crippen molar-refractivity contribution in [3.05, 3.63) is 24.3 Å². The number of methoxy groups -OCH3 is 1. The average molecular weight is 440 g/mol. The van der Waals surface area contributed by atoms with Crippen molar-refractivity contribution in [3.63, 3.8) is 0 Å². The molecule has 168 valence electrons. The van der Waals surface area contributed by atoms with Crippen molar-refractivity contribution in [1.82, 2.24) is 0 Å². The fourth-order valence-electron chi connectivity index (χ4n) is 2.94. The molecule has 0 aliphatic rings. The van der Waals surface area contributed by atoms with Crippen LogP contribution in [0.4, 0.5) is 5.69 Å². The van der Waals surface area contributed by atoms with Crippen molar-refractivity contribution in [2.24, 2.45) is 0 Å². The molecule has 1 aromatic carbocycles. The molecule has 0 aliphatic carbocycles. The number of carbonyl (C=O) groups is 3. The zero-order valence-corrected chi connectivity index (χ0v) is 18.4. The highest BCUT2D eigenvalue weighted by Gasteiger charge is 2.14. The Morgan fingerprint density at radius 1 is 0.933 bits per heavy atom. The molecule has 1 aromatic rings. The van der Waals surface area contributed by atoms with E-state index in [-0.39, 0.29) is 24.9 Å². The van der Waals surface area contributed by atoms with E-state index in [1.54, 1.807) is 0 Å². The largest absolute Gasteiger partial charge is 0.481 e. The van der Waals surface area contributed by atoms with Gasteiger partial charge in [0.25, 0.3) is 0 Å². The summed E-state index contributed by atoms with van der Waals surface area (Å²) < 4.78 is 5.21. The number of carboxylic acids is 2. The van der Waals surface area contributed by atoms with Crippen LogP contribution in [0.3, 0.4) is 0 Å². The maximum absolute atomic E-state index is 12.3. The number of carboxylic acid groups (broad SMARTS) is 2. The molecular formula is C22H33NO6S. The molecule has 0 spiro atoms. The van der Waals surface area contributed by atoms with Gasteiger partial charge in [0.05, 0.1) is 18.2 Å². The number of ether oxygens (including phenoxy) is 1. The smallest absolute Gasteiger partial charge is 0.306 e. The molecule has 0 radical (unpaired) electrons. The molecule has 0 fully saturated rings. The van der Waals surface area contributed by atoms with Gasteiger partial charge in [-0.2, -0.15) is 0 Å². The molecule has 1 atom stereocenters.